The number of carbonyl (C=O) groups is 1. The average Bonchev–Trinajstić information content (AvgIpc) is 2.38. The van der Waals surface area contributed by atoms with E-state index < -0.39 is 0 Å². The molecule has 0 aliphatic carbocycles. The lowest BCUT2D eigenvalue weighted by Gasteiger charge is -2.17. The molecule has 96 valence electrons. The van der Waals surface area contributed by atoms with E-state index in [0.29, 0.717) is 0 Å². The third-order valence-corrected chi connectivity index (χ3v) is 2.54. The normalized spacial score (nSPS) is 11.6. The molecule has 17 heavy (non-hydrogen) atoms. The van der Waals surface area contributed by atoms with Gasteiger partial charge in [0.1, 0.15) is 0 Å². The zero-order chi connectivity index (χ0) is 13.3. The summed E-state index contributed by atoms with van der Waals surface area (Å²) in [7, 11) is 1.84. The van der Waals surface area contributed by atoms with Crippen molar-refractivity contribution in [3.8, 4) is 0 Å². The monoisotopic (exact) mass is 235 g/mol. The molecule has 0 amide bonds. The van der Waals surface area contributed by atoms with E-state index in [1.807, 2.05) is 52.9 Å². The first kappa shape index (κ1) is 15.9. The zero-order valence-corrected chi connectivity index (χ0v) is 11.7. The topological polar surface area (TPSA) is 29.1 Å². The van der Waals surface area contributed by atoms with E-state index >= 15 is 0 Å². The van der Waals surface area contributed by atoms with Crippen LogP contribution < -0.4 is 5.32 Å². The Kier molecular flexibility index (Phi) is 8.34. The Morgan fingerprint density at radius 2 is 1.71 bits per heavy atom. The molecule has 0 radical (unpaired) electrons. The van der Waals surface area contributed by atoms with Crippen LogP contribution >= 0.6 is 0 Å². The molecule has 1 N–H and O–H groups in total. The molecule has 0 saturated carbocycles. The van der Waals surface area contributed by atoms with Crippen molar-refractivity contribution < 1.29 is 4.79 Å². The Labute approximate surface area is 105 Å². The van der Waals surface area contributed by atoms with E-state index in [2.05, 4.69) is 17.4 Å². The van der Waals surface area contributed by atoms with Gasteiger partial charge in [-0.1, -0.05) is 58.0 Å². The van der Waals surface area contributed by atoms with Gasteiger partial charge in [-0.05, 0) is 19.0 Å². The molecule has 1 aromatic carbocycles. The summed E-state index contributed by atoms with van der Waals surface area (Å²) in [6.45, 7) is 7.88. The minimum absolute atomic E-state index is 0.0626. The largest absolute Gasteiger partial charge is 0.310 e. The standard InChI is InChI=1S/C13H19NO.C2H6/c1-10(2)13(15)12(14-3)9-11-7-5-4-6-8-11;1-2/h4-8,10,12,14H,9H2,1-3H3;1-2H3. The van der Waals surface area contributed by atoms with Crippen molar-refractivity contribution in [2.45, 2.75) is 40.2 Å². The van der Waals surface area contributed by atoms with E-state index in [9.17, 15) is 4.79 Å². The van der Waals surface area contributed by atoms with Crippen molar-refractivity contribution in [3.63, 3.8) is 0 Å². The third-order valence-electron chi connectivity index (χ3n) is 2.54. The number of likely N-dealkylation sites (N-methyl/N-ethyl adjacent to an activating group) is 1. The lowest BCUT2D eigenvalue weighted by atomic mass is 9.96. The maximum atomic E-state index is 11.8. The molecule has 1 aromatic rings. The zero-order valence-electron chi connectivity index (χ0n) is 11.7. The Morgan fingerprint density at radius 1 is 1.18 bits per heavy atom. The maximum Gasteiger partial charge on any atom is 0.152 e. The van der Waals surface area contributed by atoms with E-state index in [1.165, 1.54) is 5.56 Å². The number of nitrogens with one attached hydrogen (secondary N) is 1. The first-order valence-corrected chi connectivity index (χ1v) is 6.40. The number of hydrogen-bond acceptors (Lipinski definition) is 2. The fraction of sp³-hybridized carbons (Fsp3) is 0.533. The highest BCUT2D eigenvalue weighted by molar-refractivity contribution is 5.85. The van der Waals surface area contributed by atoms with Gasteiger partial charge in [0.15, 0.2) is 5.78 Å². The molecule has 1 atom stereocenters. The fourth-order valence-corrected chi connectivity index (χ4v) is 1.60. The quantitative estimate of drug-likeness (QED) is 0.850. The van der Waals surface area contributed by atoms with Gasteiger partial charge in [-0.3, -0.25) is 4.79 Å². The van der Waals surface area contributed by atoms with Crippen LogP contribution in [0.3, 0.4) is 0 Å². The molecular formula is C15H25NO. The van der Waals surface area contributed by atoms with Crippen LogP contribution in [-0.2, 0) is 11.2 Å². The fourth-order valence-electron chi connectivity index (χ4n) is 1.60. The first-order chi connectivity index (χ1) is 8.15. The van der Waals surface area contributed by atoms with Gasteiger partial charge in [-0.15, -0.1) is 0 Å². The van der Waals surface area contributed by atoms with Crippen LogP contribution in [0.25, 0.3) is 0 Å². The summed E-state index contributed by atoms with van der Waals surface area (Å²) in [6.07, 6.45) is 0.772. The minimum Gasteiger partial charge on any atom is -0.310 e. The molecule has 0 fully saturated rings. The molecule has 0 bridgehead atoms. The summed E-state index contributed by atoms with van der Waals surface area (Å²) in [4.78, 5) is 11.8. The van der Waals surface area contributed by atoms with Crippen molar-refractivity contribution in [3.05, 3.63) is 35.9 Å². The van der Waals surface area contributed by atoms with Crippen LogP contribution in [0.1, 0.15) is 33.3 Å². The number of Topliss-reactive ketones (excluding diaryl/α,β-unsaturated/α-hetero) is 1. The van der Waals surface area contributed by atoms with Gasteiger partial charge < -0.3 is 5.32 Å². The molecule has 0 aromatic heterocycles. The average molecular weight is 235 g/mol. The lowest BCUT2D eigenvalue weighted by molar-refractivity contribution is -0.123. The second-order valence-electron chi connectivity index (χ2n) is 4.09. The van der Waals surface area contributed by atoms with Crippen molar-refractivity contribution in [2.24, 2.45) is 5.92 Å². The number of carbonyl (C=O) groups excluding carboxylic acids is 1. The summed E-state index contributed by atoms with van der Waals surface area (Å²) in [5, 5.41) is 3.08. The van der Waals surface area contributed by atoms with Gasteiger partial charge in [0, 0.05) is 5.92 Å². The van der Waals surface area contributed by atoms with E-state index in [4.69, 9.17) is 0 Å². The smallest absolute Gasteiger partial charge is 0.152 e. The number of ketones is 1. The highest BCUT2D eigenvalue weighted by Crippen LogP contribution is 2.07. The molecule has 1 unspecified atom stereocenters. The molecule has 1 rings (SSSR count). The summed E-state index contributed by atoms with van der Waals surface area (Å²) in [5.74, 6) is 0.368. The SMILES string of the molecule is CC.CNC(Cc1ccccc1)C(=O)C(C)C. The van der Waals surface area contributed by atoms with Gasteiger partial charge in [0.2, 0.25) is 0 Å². The van der Waals surface area contributed by atoms with Crippen molar-refractivity contribution >= 4 is 5.78 Å². The first-order valence-electron chi connectivity index (χ1n) is 6.40. The summed E-state index contributed by atoms with van der Waals surface area (Å²) < 4.78 is 0. The van der Waals surface area contributed by atoms with Gasteiger partial charge in [0.25, 0.3) is 0 Å². The third kappa shape index (κ3) is 5.64. The van der Waals surface area contributed by atoms with Gasteiger partial charge in [-0.2, -0.15) is 0 Å². The summed E-state index contributed by atoms with van der Waals surface area (Å²) in [6, 6.07) is 10.0. The Morgan fingerprint density at radius 3 is 2.12 bits per heavy atom. The summed E-state index contributed by atoms with van der Waals surface area (Å²) in [5.41, 5.74) is 1.20. The Balaban J connectivity index is 0.00000121. The van der Waals surface area contributed by atoms with Crippen LogP contribution in [-0.4, -0.2) is 18.9 Å². The molecule has 0 aliphatic heterocycles. The van der Waals surface area contributed by atoms with Crippen molar-refractivity contribution in [1.29, 1.82) is 0 Å². The minimum atomic E-state index is -0.0626. The Hall–Kier alpha value is -1.15. The second kappa shape index (κ2) is 8.94. The van der Waals surface area contributed by atoms with Gasteiger partial charge in [0.05, 0.1) is 6.04 Å². The van der Waals surface area contributed by atoms with Gasteiger partial charge >= 0.3 is 0 Å². The van der Waals surface area contributed by atoms with Crippen molar-refractivity contribution in [1.82, 2.24) is 5.32 Å². The van der Waals surface area contributed by atoms with Crippen LogP contribution in [0.4, 0.5) is 0 Å². The maximum absolute atomic E-state index is 11.8. The van der Waals surface area contributed by atoms with Crippen LogP contribution in [0.15, 0.2) is 30.3 Å². The predicted octanol–water partition coefficient (Wildman–Crippen LogP) is 3.07. The molecule has 0 heterocycles. The summed E-state index contributed by atoms with van der Waals surface area (Å²) >= 11 is 0. The van der Waals surface area contributed by atoms with E-state index in [0.717, 1.165) is 6.42 Å². The van der Waals surface area contributed by atoms with E-state index in [1.54, 1.807) is 0 Å². The predicted molar refractivity (Wildman–Crippen MR) is 74.2 cm³/mol. The van der Waals surface area contributed by atoms with E-state index in [-0.39, 0.29) is 17.7 Å². The highest BCUT2D eigenvalue weighted by atomic mass is 16.1. The number of rotatable bonds is 5. The number of hydrogen-bond donors (Lipinski definition) is 1. The van der Waals surface area contributed by atoms with Gasteiger partial charge in [-0.25, -0.2) is 0 Å². The van der Waals surface area contributed by atoms with Crippen LogP contribution in [0, 0.1) is 5.92 Å². The van der Waals surface area contributed by atoms with Crippen LogP contribution in [0.2, 0.25) is 0 Å². The molecule has 0 spiro atoms. The molecule has 2 heteroatoms. The Bertz CT molecular complexity index is 306. The number of benzene rings is 1. The molecule has 0 aliphatic rings. The molecule has 0 saturated heterocycles. The lowest BCUT2D eigenvalue weighted by Crippen LogP contribution is -2.38. The molecule has 2 nitrogen and oxygen atoms in total. The molecular weight excluding hydrogens is 210 g/mol. The van der Waals surface area contributed by atoms with Crippen molar-refractivity contribution in [2.75, 3.05) is 7.05 Å². The highest BCUT2D eigenvalue weighted by Gasteiger charge is 2.19. The van der Waals surface area contributed by atoms with Crippen LogP contribution in [0.5, 0.6) is 0 Å². The second-order valence-corrected chi connectivity index (χ2v) is 4.09.